The molecule has 0 radical (unpaired) electrons. The number of aromatic nitrogens is 4. The lowest BCUT2D eigenvalue weighted by Gasteiger charge is -1.96. The van der Waals surface area contributed by atoms with Crippen LogP contribution in [0.15, 0.2) is 63.4 Å². The van der Waals surface area contributed by atoms with Crippen molar-refractivity contribution in [3.05, 3.63) is 66.3 Å². The van der Waals surface area contributed by atoms with Crippen LogP contribution in [-0.4, -0.2) is 20.4 Å². The van der Waals surface area contributed by atoms with Crippen molar-refractivity contribution in [1.29, 1.82) is 0 Å². The molecule has 25 heavy (non-hydrogen) atoms. The number of rotatable bonds is 5. The van der Waals surface area contributed by atoms with Gasteiger partial charge in [-0.2, -0.15) is 0 Å². The molecular formula is C17H11FN4O3. The topological polar surface area (TPSA) is 87.1 Å². The average molecular weight is 338 g/mol. The highest BCUT2D eigenvalue weighted by Crippen LogP contribution is 2.22. The molecule has 0 unspecified atom stereocenters. The van der Waals surface area contributed by atoms with Gasteiger partial charge >= 0.3 is 6.08 Å². The van der Waals surface area contributed by atoms with E-state index in [-0.39, 0.29) is 30.3 Å². The average Bonchev–Trinajstić information content (AvgIpc) is 3.30. The number of nitrogens with zero attached hydrogens (tertiary/aromatic N) is 4. The smallest absolute Gasteiger partial charge is 0.415 e. The lowest BCUT2D eigenvalue weighted by Crippen LogP contribution is -1.95. The van der Waals surface area contributed by atoms with Crippen molar-refractivity contribution in [2.45, 2.75) is 6.61 Å². The van der Waals surface area contributed by atoms with Crippen LogP contribution in [0, 0.1) is 5.82 Å². The van der Waals surface area contributed by atoms with Gasteiger partial charge in [0.25, 0.3) is 11.8 Å². The summed E-state index contributed by atoms with van der Waals surface area (Å²) in [6.45, 7) is -0.0429. The molecule has 8 heteroatoms. The molecule has 0 bridgehead atoms. The van der Waals surface area contributed by atoms with Gasteiger partial charge in [-0.1, -0.05) is 29.4 Å². The van der Waals surface area contributed by atoms with Gasteiger partial charge in [0.1, 0.15) is 5.82 Å². The second-order valence-electron chi connectivity index (χ2n) is 5.04. The molecule has 0 N–H and O–H groups in total. The van der Waals surface area contributed by atoms with Crippen LogP contribution >= 0.6 is 0 Å². The van der Waals surface area contributed by atoms with Gasteiger partial charge in [-0.15, -0.1) is 15.3 Å². The van der Waals surface area contributed by atoms with E-state index in [4.69, 9.17) is 13.6 Å². The number of hydrogen-bond donors (Lipinski definition) is 0. The molecule has 0 saturated heterocycles. The molecular weight excluding hydrogens is 327 g/mol. The fourth-order valence-electron chi connectivity index (χ4n) is 2.14. The largest absolute Gasteiger partial charge is 0.439 e. The Labute approximate surface area is 141 Å². The van der Waals surface area contributed by atoms with Crippen LogP contribution in [0.2, 0.25) is 0 Å². The highest BCUT2D eigenvalue weighted by molar-refractivity contribution is 5.52. The third-order valence-corrected chi connectivity index (χ3v) is 3.28. The van der Waals surface area contributed by atoms with Gasteiger partial charge in [-0.3, -0.25) is 0 Å². The number of halogens is 1. The van der Waals surface area contributed by atoms with Gasteiger partial charge in [-0.05, 0) is 30.3 Å². The standard InChI is InChI=1S/C17H11FN4O3/c18-13-8-4-7-12(9-13)16-20-19-14(24-16)10-23-17-22-21-15(25-17)11-5-2-1-3-6-11/h1-9H,10H2. The van der Waals surface area contributed by atoms with E-state index in [2.05, 4.69) is 20.4 Å². The Morgan fingerprint density at radius 3 is 2.40 bits per heavy atom. The molecule has 0 atom stereocenters. The van der Waals surface area contributed by atoms with E-state index in [0.29, 0.717) is 11.5 Å². The maximum atomic E-state index is 13.2. The van der Waals surface area contributed by atoms with Gasteiger partial charge in [-0.25, -0.2) is 4.39 Å². The molecule has 124 valence electrons. The van der Waals surface area contributed by atoms with Crippen LogP contribution in [0.4, 0.5) is 4.39 Å². The van der Waals surface area contributed by atoms with Crippen LogP contribution in [0.3, 0.4) is 0 Å². The predicted octanol–water partition coefficient (Wildman–Crippen LogP) is 3.50. The summed E-state index contributed by atoms with van der Waals surface area (Å²) in [5, 5.41) is 15.4. The van der Waals surface area contributed by atoms with Crippen LogP contribution in [0.1, 0.15) is 5.89 Å². The summed E-state index contributed by atoms with van der Waals surface area (Å²) in [4.78, 5) is 0. The van der Waals surface area contributed by atoms with Crippen molar-refractivity contribution >= 4 is 0 Å². The van der Waals surface area contributed by atoms with E-state index < -0.39 is 0 Å². The Hall–Kier alpha value is -3.55. The zero-order valence-corrected chi connectivity index (χ0v) is 12.8. The molecule has 0 aliphatic heterocycles. The fourth-order valence-corrected chi connectivity index (χ4v) is 2.14. The SMILES string of the molecule is Fc1cccc(-c2nnc(COc3nnc(-c4ccccc4)o3)o2)c1. The van der Waals surface area contributed by atoms with Gasteiger partial charge in [0.15, 0.2) is 6.61 Å². The fraction of sp³-hybridized carbons (Fsp3) is 0.0588. The van der Waals surface area contributed by atoms with Crippen LogP contribution < -0.4 is 4.74 Å². The van der Waals surface area contributed by atoms with Crippen LogP contribution in [0.25, 0.3) is 22.9 Å². The highest BCUT2D eigenvalue weighted by atomic mass is 19.1. The second kappa shape index (κ2) is 6.52. The summed E-state index contributed by atoms with van der Waals surface area (Å²) in [5.74, 6) is 0.377. The van der Waals surface area contributed by atoms with Gasteiger partial charge < -0.3 is 13.6 Å². The van der Waals surface area contributed by atoms with Crippen molar-refractivity contribution in [1.82, 2.24) is 20.4 Å². The number of hydrogen-bond acceptors (Lipinski definition) is 7. The molecule has 2 aromatic carbocycles. The summed E-state index contributed by atoms with van der Waals surface area (Å²) >= 11 is 0. The van der Waals surface area contributed by atoms with E-state index in [1.165, 1.54) is 12.1 Å². The third kappa shape index (κ3) is 3.37. The molecule has 2 heterocycles. The minimum atomic E-state index is -0.382. The summed E-state index contributed by atoms with van der Waals surface area (Å²) in [7, 11) is 0. The normalized spacial score (nSPS) is 10.8. The molecule has 0 fully saturated rings. The lowest BCUT2D eigenvalue weighted by molar-refractivity contribution is 0.198. The minimum absolute atomic E-state index is 0.00985. The molecule has 0 amide bonds. The molecule has 2 aromatic heterocycles. The lowest BCUT2D eigenvalue weighted by atomic mass is 10.2. The maximum absolute atomic E-state index is 13.2. The van der Waals surface area contributed by atoms with E-state index in [1.807, 2.05) is 30.3 Å². The Bertz CT molecular complexity index is 984. The zero-order valence-electron chi connectivity index (χ0n) is 12.8. The molecule has 0 spiro atoms. The quantitative estimate of drug-likeness (QED) is 0.550. The maximum Gasteiger partial charge on any atom is 0.415 e. The van der Waals surface area contributed by atoms with Gasteiger partial charge in [0.2, 0.25) is 5.89 Å². The summed E-state index contributed by atoms with van der Waals surface area (Å²) in [6, 6.07) is 15.2. The van der Waals surface area contributed by atoms with Crippen LogP contribution in [0.5, 0.6) is 6.08 Å². The Morgan fingerprint density at radius 2 is 1.56 bits per heavy atom. The Kier molecular flexibility index (Phi) is 3.91. The first-order valence-electron chi connectivity index (χ1n) is 7.38. The Morgan fingerprint density at radius 1 is 0.800 bits per heavy atom. The van der Waals surface area contributed by atoms with Crippen LogP contribution in [-0.2, 0) is 6.61 Å². The summed E-state index contributed by atoms with van der Waals surface area (Å²) < 4.78 is 29.4. The van der Waals surface area contributed by atoms with Crippen molar-refractivity contribution < 1.29 is 18.0 Å². The summed E-state index contributed by atoms with van der Waals surface area (Å²) in [5.41, 5.74) is 1.28. The van der Waals surface area contributed by atoms with Crippen molar-refractivity contribution in [3.8, 4) is 29.0 Å². The zero-order chi connectivity index (χ0) is 17.1. The van der Waals surface area contributed by atoms with E-state index in [0.717, 1.165) is 5.56 Å². The number of benzene rings is 2. The summed E-state index contributed by atoms with van der Waals surface area (Å²) in [6.07, 6.45) is -0.00985. The molecule has 7 nitrogen and oxygen atoms in total. The minimum Gasteiger partial charge on any atom is -0.439 e. The molecule has 0 aliphatic carbocycles. The van der Waals surface area contributed by atoms with Gasteiger partial charge in [0.05, 0.1) is 0 Å². The first-order valence-corrected chi connectivity index (χ1v) is 7.38. The third-order valence-electron chi connectivity index (χ3n) is 3.28. The molecule has 4 rings (SSSR count). The van der Waals surface area contributed by atoms with Crippen molar-refractivity contribution in [2.24, 2.45) is 0 Å². The first-order chi connectivity index (χ1) is 12.3. The molecule has 4 aromatic rings. The molecule has 0 aliphatic rings. The Balaban J connectivity index is 1.43. The van der Waals surface area contributed by atoms with E-state index >= 15 is 0 Å². The first kappa shape index (κ1) is 15.0. The second-order valence-corrected chi connectivity index (χ2v) is 5.04. The van der Waals surface area contributed by atoms with Gasteiger partial charge in [0, 0.05) is 11.1 Å². The van der Waals surface area contributed by atoms with Crippen molar-refractivity contribution in [2.75, 3.05) is 0 Å². The van der Waals surface area contributed by atoms with E-state index in [9.17, 15) is 4.39 Å². The van der Waals surface area contributed by atoms with E-state index in [1.54, 1.807) is 12.1 Å². The highest BCUT2D eigenvalue weighted by Gasteiger charge is 2.13. The molecule has 0 saturated carbocycles. The van der Waals surface area contributed by atoms with Crippen molar-refractivity contribution in [3.63, 3.8) is 0 Å². The monoisotopic (exact) mass is 338 g/mol. The predicted molar refractivity (Wildman–Crippen MR) is 83.8 cm³/mol. The number of ether oxygens (including phenoxy) is 1.